The predicted octanol–water partition coefficient (Wildman–Crippen LogP) is 6.53. The van der Waals surface area contributed by atoms with Crippen LogP contribution in [0.1, 0.15) is 52.7 Å². The van der Waals surface area contributed by atoms with Gasteiger partial charge in [0, 0.05) is 0 Å². The van der Waals surface area contributed by atoms with Crippen LogP contribution in [0, 0.1) is 11.8 Å². The SMILES string of the molecule is C=C(C)/C(=C\C=C(/C)Cc1cccc(CC(C)C)c1)C(C)C. The van der Waals surface area contributed by atoms with Gasteiger partial charge in [-0.15, -0.1) is 0 Å². The minimum atomic E-state index is 0.524. The van der Waals surface area contributed by atoms with Crippen molar-refractivity contribution >= 4 is 0 Å². The predicted molar refractivity (Wildman–Crippen MR) is 100 cm³/mol. The van der Waals surface area contributed by atoms with Gasteiger partial charge in [0.15, 0.2) is 0 Å². The van der Waals surface area contributed by atoms with Crippen LogP contribution in [0.4, 0.5) is 0 Å². The van der Waals surface area contributed by atoms with Crippen molar-refractivity contribution in [2.75, 3.05) is 0 Å². The molecular weight excluding hydrogens is 264 g/mol. The second-order valence-corrected chi connectivity index (χ2v) is 7.16. The summed E-state index contributed by atoms with van der Waals surface area (Å²) >= 11 is 0. The highest BCUT2D eigenvalue weighted by Crippen LogP contribution is 2.19. The van der Waals surface area contributed by atoms with E-state index in [0.717, 1.165) is 18.4 Å². The molecule has 0 nitrogen and oxygen atoms in total. The fraction of sp³-hybridized carbons (Fsp3) is 0.455. The van der Waals surface area contributed by atoms with Crippen LogP contribution in [-0.2, 0) is 12.8 Å². The van der Waals surface area contributed by atoms with Gasteiger partial charge in [-0.05, 0) is 55.2 Å². The largest absolute Gasteiger partial charge is 0.0958 e. The molecule has 0 aliphatic rings. The van der Waals surface area contributed by atoms with E-state index < -0.39 is 0 Å². The average molecular weight is 296 g/mol. The summed E-state index contributed by atoms with van der Waals surface area (Å²) in [6, 6.07) is 9.00. The van der Waals surface area contributed by atoms with Crippen molar-refractivity contribution in [3.8, 4) is 0 Å². The van der Waals surface area contributed by atoms with Crippen molar-refractivity contribution in [1.29, 1.82) is 0 Å². The highest BCUT2D eigenvalue weighted by molar-refractivity contribution is 5.34. The third-order valence-corrected chi connectivity index (χ3v) is 3.78. The van der Waals surface area contributed by atoms with Crippen molar-refractivity contribution < 1.29 is 0 Å². The van der Waals surface area contributed by atoms with Crippen LogP contribution in [0.2, 0.25) is 0 Å². The van der Waals surface area contributed by atoms with Gasteiger partial charge in [-0.3, -0.25) is 0 Å². The van der Waals surface area contributed by atoms with Gasteiger partial charge in [-0.25, -0.2) is 0 Å². The van der Waals surface area contributed by atoms with Gasteiger partial charge < -0.3 is 0 Å². The second kappa shape index (κ2) is 8.78. The normalized spacial score (nSPS) is 13.1. The molecule has 1 rings (SSSR count). The van der Waals surface area contributed by atoms with Crippen LogP contribution in [0.3, 0.4) is 0 Å². The molecule has 0 heterocycles. The topological polar surface area (TPSA) is 0 Å². The first-order valence-corrected chi connectivity index (χ1v) is 8.40. The Morgan fingerprint density at radius 2 is 1.68 bits per heavy atom. The van der Waals surface area contributed by atoms with E-state index in [2.05, 4.69) is 84.5 Å². The molecule has 0 aliphatic carbocycles. The van der Waals surface area contributed by atoms with Gasteiger partial charge in [0.1, 0.15) is 0 Å². The summed E-state index contributed by atoms with van der Waals surface area (Å²) in [7, 11) is 0. The summed E-state index contributed by atoms with van der Waals surface area (Å²) in [4.78, 5) is 0. The molecule has 0 aromatic heterocycles. The number of rotatable bonds is 7. The number of hydrogen-bond donors (Lipinski definition) is 0. The summed E-state index contributed by atoms with van der Waals surface area (Å²) in [5.74, 6) is 1.23. The third-order valence-electron chi connectivity index (χ3n) is 3.78. The van der Waals surface area contributed by atoms with Gasteiger partial charge in [0.2, 0.25) is 0 Å². The molecule has 120 valence electrons. The monoisotopic (exact) mass is 296 g/mol. The summed E-state index contributed by atoms with van der Waals surface area (Å²) in [6.07, 6.45) is 6.66. The maximum absolute atomic E-state index is 4.08. The molecule has 1 aromatic carbocycles. The first-order valence-electron chi connectivity index (χ1n) is 8.40. The molecule has 0 fully saturated rings. The van der Waals surface area contributed by atoms with Crippen molar-refractivity contribution in [2.24, 2.45) is 11.8 Å². The highest BCUT2D eigenvalue weighted by atomic mass is 14.1. The van der Waals surface area contributed by atoms with Crippen LogP contribution in [0.15, 0.2) is 59.7 Å². The van der Waals surface area contributed by atoms with Crippen molar-refractivity contribution in [2.45, 2.75) is 54.4 Å². The van der Waals surface area contributed by atoms with E-state index in [4.69, 9.17) is 0 Å². The molecule has 0 spiro atoms. The lowest BCUT2D eigenvalue weighted by atomic mass is 9.95. The minimum absolute atomic E-state index is 0.524. The fourth-order valence-corrected chi connectivity index (χ4v) is 2.78. The molecule has 0 bridgehead atoms. The molecule has 0 N–H and O–H groups in total. The zero-order valence-electron chi connectivity index (χ0n) is 15.2. The highest BCUT2D eigenvalue weighted by Gasteiger charge is 2.03. The first kappa shape index (κ1) is 18.5. The molecule has 0 heteroatoms. The number of hydrogen-bond acceptors (Lipinski definition) is 0. The van der Waals surface area contributed by atoms with E-state index in [1.165, 1.54) is 22.3 Å². The molecule has 0 unspecified atom stereocenters. The van der Waals surface area contributed by atoms with Gasteiger partial charge in [0.25, 0.3) is 0 Å². The maximum Gasteiger partial charge on any atom is -0.00667 e. The van der Waals surface area contributed by atoms with Crippen LogP contribution < -0.4 is 0 Å². The Bertz CT molecular complexity index is 553. The smallest absolute Gasteiger partial charge is 0.00667 e. The van der Waals surface area contributed by atoms with E-state index in [9.17, 15) is 0 Å². The number of benzene rings is 1. The summed E-state index contributed by atoms with van der Waals surface area (Å²) in [6.45, 7) is 17.4. The minimum Gasteiger partial charge on any atom is -0.0958 e. The summed E-state index contributed by atoms with van der Waals surface area (Å²) in [5, 5.41) is 0. The standard InChI is InChI=1S/C22H32/c1-16(2)13-20-9-8-10-21(15-20)14-19(7)11-12-22(17(3)4)18(5)6/h8-12,15-16,18H,3,13-14H2,1-2,4-7H3/b19-11+,22-12+. The summed E-state index contributed by atoms with van der Waals surface area (Å²) in [5.41, 5.74) is 6.74. The van der Waals surface area contributed by atoms with E-state index in [1.54, 1.807) is 0 Å². The third kappa shape index (κ3) is 6.47. The molecule has 22 heavy (non-hydrogen) atoms. The maximum atomic E-state index is 4.08. The quantitative estimate of drug-likeness (QED) is 0.502. The zero-order chi connectivity index (χ0) is 16.7. The number of allylic oxidation sites excluding steroid dienone is 5. The van der Waals surface area contributed by atoms with Crippen molar-refractivity contribution in [3.63, 3.8) is 0 Å². The van der Waals surface area contributed by atoms with E-state index in [-0.39, 0.29) is 0 Å². The Kier molecular flexibility index (Phi) is 7.38. The van der Waals surface area contributed by atoms with Gasteiger partial charge in [-0.1, -0.05) is 81.8 Å². The molecule has 0 saturated heterocycles. The Morgan fingerprint density at radius 3 is 2.23 bits per heavy atom. The van der Waals surface area contributed by atoms with E-state index in [1.807, 2.05) is 0 Å². The zero-order valence-corrected chi connectivity index (χ0v) is 15.2. The lowest BCUT2D eigenvalue weighted by molar-refractivity contribution is 0.647. The van der Waals surface area contributed by atoms with E-state index in [0.29, 0.717) is 11.8 Å². The van der Waals surface area contributed by atoms with E-state index >= 15 is 0 Å². The molecular formula is C22H32. The second-order valence-electron chi connectivity index (χ2n) is 7.16. The Hall–Kier alpha value is -1.56. The fourth-order valence-electron chi connectivity index (χ4n) is 2.78. The Balaban J connectivity index is 2.83. The first-order chi connectivity index (χ1) is 10.3. The molecule has 0 aliphatic heterocycles. The van der Waals surface area contributed by atoms with Gasteiger partial charge in [-0.2, -0.15) is 0 Å². The average Bonchev–Trinajstić information content (AvgIpc) is 2.37. The van der Waals surface area contributed by atoms with Crippen molar-refractivity contribution in [3.05, 3.63) is 70.8 Å². The lowest BCUT2D eigenvalue weighted by Crippen LogP contribution is -1.96. The van der Waals surface area contributed by atoms with Crippen LogP contribution in [0.5, 0.6) is 0 Å². The Morgan fingerprint density at radius 1 is 1.05 bits per heavy atom. The Labute approximate surface area is 137 Å². The van der Waals surface area contributed by atoms with Crippen molar-refractivity contribution in [1.82, 2.24) is 0 Å². The molecule has 0 atom stereocenters. The van der Waals surface area contributed by atoms with Crippen LogP contribution >= 0.6 is 0 Å². The molecule has 1 aromatic rings. The molecule has 0 radical (unpaired) electrons. The van der Waals surface area contributed by atoms with Gasteiger partial charge >= 0.3 is 0 Å². The van der Waals surface area contributed by atoms with Gasteiger partial charge in [0.05, 0.1) is 0 Å². The van der Waals surface area contributed by atoms with Crippen LogP contribution in [-0.4, -0.2) is 0 Å². The van der Waals surface area contributed by atoms with Crippen LogP contribution in [0.25, 0.3) is 0 Å². The lowest BCUT2D eigenvalue weighted by Gasteiger charge is -2.10. The molecule has 0 amide bonds. The summed E-state index contributed by atoms with van der Waals surface area (Å²) < 4.78 is 0. The molecule has 0 saturated carbocycles.